The SMILES string of the molecule is CCNC(=NCc1ccnc(N2CCCC2)c1)Nc1ccc(OCC)c(OC)c1.I. The first-order valence-electron chi connectivity index (χ1n) is 10.3. The van der Waals surface area contributed by atoms with Crippen LogP contribution in [0.2, 0.25) is 0 Å². The van der Waals surface area contributed by atoms with Crippen LogP contribution in [-0.2, 0) is 6.54 Å². The number of nitrogens with zero attached hydrogens (tertiary/aromatic N) is 3. The lowest BCUT2D eigenvalue weighted by Gasteiger charge is -2.17. The van der Waals surface area contributed by atoms with Crippen LogP contribution in [0.25, 0.3) is 0 Å². The first-order chi connectivity index (χ1) is 14.2. The molecular weight excluding hydrogens is 493 g/mol. The molecule has 1 aromatic carbocycles. The molecule has 3 rings (SSSR count). The summed E-state index contributed by atoms with van der Waals surface area (Å²) in [6.45, 7) is 8.12. The zero-order valence-corrected chi connectivity index (χ0v) is 20.3. The average Bonchev–Trinajstić information content (AvgIpc) is 3.28. The van der Waals surface area contributed by atoms with E-state index < -0.39 is 0 Å². The molecule has 0 aliphatic carbocycles. The third-order valence-corrected chi connectivity index (χ3v) is 4.73. The second-order valence-electron chi connectivity index (χ2n) is 6.84. The Morgan fingerprint density at radius 1 is 1.13 bits per heavy atom. The molecule has 0 radical (unpaired) electrons. The van der Waals surface area contributed by atoms with Gasteiger partial charge >= 0.3 is 0 Å². The fourth-order valence-corrected chi connectivity index (χ4v) is 3.31. The van der Waals surface area contributed by atoms with Crippen molar-refractivity contribution in [3.63, 3.8) is 0 Å². The monoisotopic (exact) mass is 525 g/mol. The molecule has 2 heterocycles. The summed E-state index contributed by atoms with van der Waals surface area (Å²) in [4.78, 5) is 11.6. The fraction of sp³-hybridized carbons (Fsp3) is 0.455. The number of benzene rings is 1. The lowest BCUT2D eigenvalue weighted by molar-refractivity contribution is 0.311. The summed E-state index contributed by atoms with van der Waals surface area (Å²) in [5.41, 5.74) is 2.03. The summed E-state index contributed by atoms with van der Waals surface area (Å²) >= 11 is 0. The third-order valence-electron chi connectivity index (χ3n) is 4.73. The molecule has 2 N–H and O–H groups in total. The normalized spacial score (nSPS) is 13.6. The number of hydrogen-bond acceptors (Lipinski definition) is 5. The van der Waals surface area contributed by atoms with E-state index in [2.05, 4.69) is 26.6 Å². The van der Waals surface area contributed by atoms with E-state index in [1.165, 1.54) is 12.8 Å². The molecule has 0 bridgehead atoms. The highest BCUT2D eigenvalue weighted by molar-refractivity contribution is 14.0. The first-order valence-corrected chi connectivity index (χ1v) is 10.3. The standard InChI is InChI=1S/C22H31N5O2.HI/c1-4-23-22(26-18-8-9-19(29-5-2)20(15-18)28-3)25-16-17-10-11-24-21(14-17)27-12-6-7-13-27;/h8-11,14-15H,4-7,12-13,16H2,1-3H3,(H2,23,25,26);1H. The molecule has 7 nitrogen and oxygen atoms in total. The maximum atomic E-state index is 5.59. The molecule has 2 aromatic rings. The predicted octanol–water partition coefficient (Wildman–Crippen LogP) is 4.28. The quantitative estimate of drug-likeness (QED) is 0.305. The number of aromatic nitrogens is 1. The smallest absolute Gasteiger partial charge is 0.196 e. The van der Waals surface area contributed by atoms with Gasteiger partial charge in [-0.2, -0.15) is 0 Å². The van der Waals surface area contributed by atoms with Gasteiger partial charge < -0.3 is 25.0 Å². The number of aliphatic imine (C=N–C) groups is 1. The van der Waals surface area contributed by atoms with E-state index in [9.17, 15) is 0 Å². The van der Waals surface area contributed by atoms with E-state index in [4.69, 9.17) is 14.5 Å². The maximum Gasteiger partial charge on any atom is 0.196 e. The minimum Gasteiger partial charge on any atom is -0.493 e. The Morgan fingerprint density at radius 3 is 2.63 bits per heavy atom. The molecule has 1 saturated heterocycles. The number of anilines is 2. The minimum absolute atomic E-state index is 0. The van der Waals surface area contributed by atoms with Crippen LogP contribution in [0, 0.1) is 0 Å². The molecule has 30 heavy (non-hydrogen) atoms. The van der Waals surface area contributed by atoms with Gasteiger partial charge in [0.2, 0.25) is 0 Å². The number of rotatable bonds is 8. The highest BCUT2D eigenvalue weighted by Crippen LogP contribution is 2.30. The van der Waals surface area contributed by atoms with Gasteiger partial charge in [-0.15, -0.1) is 24.0 Å². The number of pyridine rings is 1. The van der Waals surface area contributed by atoms with E-state index in [1.54, 1.807) is 7.11 Å². The zero-order valence-electron chi connectivity index (χ0n) is 18.0. The first kappa shape index (κ1) is 24.0. The number of methoxy groups -OCH3 is 1. The average molecular weight is 525 g/mol. The molecule has 0 amide bonds. The second-order valence-corrected chi connectivity index (χ2v) is 6.84. The largest absolute Gasteiger partial charge is 0.493 e. The van der Waals surface area contributed by atoms with Crippen molar-refractivity contribution in [3.8, 4) is 11.5 Å². The van der Waals surface area contributed by atoms with Gasteiger partial charge in [0.15, 0.2) is 17.5 Å². The molecule has 1 aliphatic rings. The number of guanidine groups is 1. The number of hydrogen-bond donors (Lipinski definition) is 2. The van der Waals surface area contributed by atoms with Crippen molar-refractivity contribution < 1.29 is 9.47 Å². The van der Waals surface area contributed by atoms with Crippen LogP contribution < -0.4 is 25.0 Å². The Hall–Kier alpha value is -2.23. The predicted molar refractivity (Wildman–Crippen MR) is 134 cm³/mol. The summed E-state index contributed by atoms with van der Waals surface area (Å²) in [6.07, 6.45) is 4.35. The molecule has 0 atom stereocenters. The molecular formula is C22H32IN5O2. The van der Waals surface area contributed by atoms with Crippen molar-refractivity contribution >= 4 is 41.4 Å². The van der Waals surface area contributed by atoms with Gasteiger partial charge in [0.05, 0.1) is 20.3 Å². The summed E-state index contributed by atoms with van der Waals surface area (Å²) in [5, 5.41) is 6.63. The van der Waals surface area contributed by atoms with Crippen LogP contribution in [-0.4, -0.2) is 44.3 Å². The van der Waals surface area contributed by atoms with Gasteiger partial charge in [0.1, 0.15) is 5.82 Å². The van der Waals surface area contributed by atoms with Gasteiger partial charge in [-0.1, -0.05) is 0 Å². The van der Waals surface area contributed by atoms with Gasteiger partial charge in [0, 0.05) is 37.6 Å². The van der Waals surface area contributed by atoms with E-state index >= 15 is 0 Å². The summed E-state index contributed by atoms with van der Waals surface area (Å²) in [6, 6.07) is 9.93. The van der Waals surface area contributed by atoms with Crippen molar-refractivity contribution in [3.05, 3.63) is 42.1 Å². The highest BCUT2D eigenvalue weighted by atomic mass is 127. The van der Waals surface area contributed by atoms with E-state index in [1.807, 2.05) is 44.3 Å². The van der Waals surface area contributed by atoms with Gasteiger partial charge in [-0.25, -0.2) is 9.98 Å². The van der Waals surface area contributed by atoms with E-state index in [0.717, 1.165) is 48.4 Å². The molecule has 0 saturated carbocycles. The Morgan fingerprint density at radius 2 is 1.93 bits per heavy atom. The minimum atomic E-state index is 0. The molecule has 164 valence electrons. The third kappa shape index (κ3) is 6.65. The molecule has 1 fully saturated rings. The zero-order chi connectivity index (χ0) is 20.5. The van der Waals surface area contributed by atoms with Crippen LogP contribution in [0.5, 0.6) is 11.5 Å². The van der Waals surface area contributed by atoms with Crippen molar-refractivity contribution in [2.45, 2.75) is 33.2 Å². The van der Waals surface area contributed by atoms with Crippen LogP contribution in [0.4, 0.5) is 11.5 Å². The summed E-state index contributed by atoms with van der Waals surface area (Å²) in [7, 11) is 1.64. The highest BCUT2D eigenvalue weighted by Gasteiger charge is 2.13. The van der Waals surface area contributed by atoms with Crippen LogP contribution >= 0.6 is 24.0 Å². The van der Waals surface area contributed by atoms with Crippen molar-refractivity contribution in [1.29, 1.82) is 0 Å². The molecule has 0 unspecified atom stereocenters. The van der Waals surface area contributed by atoms with Crippen LogP contribution in [0.3, 0.4) is 0 Å². The van der Waals surface area contributed by atoms with Crippen LogP contribution in [0.15, 0.2) is 41.5 Å². The number of halogens is 1. The Bertz CT molecular complexity index is 825. The molecule has 1 aliphatic heterocycles. The molecule has 1 aromatic heterocycles. The van der Waals surface area contributed by atoms with Gasteiger partial charge in [-0.3, -0.25) is 0 Å². The van der Waals surface area contributed by atoms with E-state index in [-0.39, 0.29) is 24.0 Å². The van der Waals surface area contributed by atoms with E-state index in [0.29, 0.717) is 18.9 Å². The lowest BCUT2D eigenvalue weighted by Crippen LogP contribution is -2.30. The number of nitrogens with one attached hydrogen (secondary N) is 2. The Labute approximate surface area is 196 Å². The van der Waals surface area contributed by atoms with Gasteiger partial charge in [0.25, 0.3) is 0 Å². The summed E-state index contributed by atoms with van der Waals surface area (Å²) in [5.74, 6) is 3.19. The fourth-order valence-electron chi connectivity index (χ4n) is 3.31. The number of ether oxygens (including phenoxy) is 2. The molecule has 8 heteroatoms. The lowest BCUT2D eigenvalue weighted by atomic mass is 10.2. The Kier molecular flexibility index (Phi) is 9.99. The Balaban J connectivity index is 0.00000320. The summed E-state index contributed by atoms with van der Waals surface area (Å²) < 4.78 is 11.0. The second kappa shape index (κ2) is 12.5. The maximum absolute atomic E-state index is 5.59. The molecule has 0 spiro atoms. The van der Waals surface area contributed by atoms with Crippen LogP contribution in [0.1, 0.15) is 32.3 Å². The van der Waals surface area contributed by atoms with Crippen molar-refractivity contribution in [1.82, 2.24) is 10.3 Å². The van der Waals surface area contributed by atoms with Crippen molar-refractivity contribution in [2.75, 3.05) is 43.6 Å². The van der Waals surface area contributed by atoms with Gasteiger partial charge in [-0.05, 0) is 56.5 Å². The topological polar surface area (TPSA) is 71.0 Å². The van der Waals surface area contributed by atoms with Crippen molar-refractivity contribution in [2.24, 2.45) is 4.99 Å².